The van der Waals surface area contributed by atoms with Gasteiger partial charge in [0.25, 0.3) is 0 Å². The minimum atomic E-state index is -0.665. The van der Waals surface area contributed by atoms with Crippen molar-refractivity contribution in [2.24, 2.45) is 0 Å². The number of carbonyl (C=O) groups is 1. The van der Waals surface area contributed by atoms with Crippen LogP contribution in [-0.2, 0) is 9.53 Å². The highest BCUT2D eigenvalue weighted by atomic mass is 19.1. The number of hydrogen-bond acceptors (Lipinski definition) is 4. The standard InChI is InChI=1S/C11H14FNO3/c12-5-7-16-11(14)4-6-15-10-3-1-2-9(13)8-10/h1-3,8H,4-7,13H2. The molecule has 0 amide bonds. The first-order chi connectivity index (χ1) is 7.72. The molecule has 88 valence electrons. The molecule has 1 rings (SSSR count). The van der Waals surface area contributed by atoms with Gasteiger partial charge in [0.2, 0.25) is 0 Å². The van der Waals surface area contributed by atoms with Gasteiger partial charge in [-0.2, -0.15) is 0 Å². The van der Waals surface area contributed by atoms with Gasteiger partial charge in [0.1, 0.15) is 19.0 Å². The Morgan fingerprint density at radius 1 is 1.38 bits per heavy atom. The molecule has 4 nitrogen and oxygen atoms in total. The molecule has 1 aromatic carbocycles. The van der Waals surface area contributed by atoms with Crippen molar-refractivity contribution >= 4 is 11.7 Å². The van der Waals surface area contributed by atoms with Crippen LogP contribution < -0.4 is 10.5 Å². The molecule has 0 atom stereocenters. The van der Waals surface area contributed by atoms with Gasteiger partial charge in [-0.3, -0.25) is 4.79 Å². The molecule has 5 heteroatoms. The molecule has 0 saturated carbocycles. The fourth-order valence-corrected chi connectivity index (χ4v) is 1.08. The third-order valence-electron chi connectivity index (χ3n) is 1.77. The fraction of sp³-hybridized carbons (Fsp3) is 0.364. The minimum absolute atomic E-state index is 0.0921. The van der Waals surface area contributed by atoms with E-state index >= 15 is 0 Å². The predicted molar refractivity (Wildman–Crippen MR) is 57.9 cm³/mol. The van der Waals surface area contributed by atoms with E-state index in [1.54, 1.807) is 24.3 Å². The number of hydrogen-bond donors (Lipinski definition) is 1. The highest BCUT2D eigenvalue weighted by molar-refractivity contribution is 5.69. The van der Waals surface area contributed by atoms with Crippen LogP contribution in [0.1, 0.15) is 6.42 Å². The second kappa shape index (κ2) is 6.66. The largest absolute Gasteiger partial charge is 0.493 e. The maximum absolute atomic E-state index is 11.7. The summed E-state index contributed by atoms with van der Waals surface area (Å²) < 4.78 is 21.5. The summed E-state index contributed by atoms with van der Waals surface area (Å²) >= 11 is 0. The molecular weight excluding hydrogens is 213 g/mol. The Morgan fingerprint density at radius 2 is 2.19 bits per heavy atom. The van der Waals surface area contributed by atoms with Crippen molar-refractivity contribution in [2.75, 3.05) is 25.6 Å². The van der Waals surface area contributed by atoms with E-state index < -0.39 is 12.6 Å². The first-order valence-electron chi connectivity index (χ1n) is 4.92. The second-order valence-electron chi connectivity index (χ2n) is 3.08. The smallest absolute Gasteiger partial charge is 0.309 e. The Morgan fingerprint density at radius 3 is 2.88 bits per heavy atom. The second-order valence-corrected chi connectivity index (χ2v) is 3.08. The summed E-state index contributed by atoms with van der Waals surface area (Å²) in [4.78, 5) is 11.0. The van der Waals surface area contributed by atoms with Crippen molar-refractivity contribution in [3.63, 3.8) is 0 Å². The number of carbonyl (C=O) groups excluding carboxylic acids is 1. The van der Waals surface area contributed by atoms with Gasteiger partial charge in [0.05, 0.1) is 13.0 Å². The summed E-state index contributed by atoms with van der Waals surface area (Å²) in [5, 5.41) is 0. The molecule has 0 aliphatic carbocycles. The minimum Gasteiger partial charge on any atom is -0.493 e. The molecule has 0 unspecified atom stereocenters. The highest BCUT2D eigenvalue weighted by Gasteiger charge is 2.03. The van der Waals surface area contributed by atoms with E-state index in [-0.39, 0.29) is 19.6 Å². The molecule has 0 aromatic heterocycles. The van der Waals surface area contributed by atoms with Crippen LogP contribution in [0.2, 0.25) is 0 Å². The van der Waals surface area contributed by atoms with Crippen LogP contribution >= 0.6 is 0 Å². The van der Waals surface area contributed by atoms with Gasteiger partial charge in [-0.1, -0.05) is 6.07 Å². The summed E-state index contributed by atoms with van der Waals surface area (Å²) in [5.41, 5.74) is 6.14. The molecule has 0 bridgehead atoms. The average Bonchev–Trinajstić information content (AvgIpc) is 2.26. The van der Waals surface area contributed by atoms with Gasteiger partial charge in [0, 0.05) is 11.8 Å². The van der Waals surface area contributed by atoms with Gasteiger partial charge in [-0.15, -0.1) is 0 Å². The molecule has 0 fully saturated rings. The van der Waals surface area contributed by atoms with E-state index in [4.69, 9.17) is 10.5 Å². The quantitative estimate of drug-likeness (QED) is 0.591. The Hall–Kier alpha value is -1.78. The molecule has 0 aliphatic heterocycles. The third-order valence-corrected chi connectivity index (χ3v) is 1.77. The maximum Gasteiger partial charge on any atom is 0.309 e. The molecule has 1 aromatic rings. The summed E-state index contributed by atoms with van der Waals surface area (Å²) in [6.07, 6.45) is 0.0921. The molecule has 0 aliphatic rings. The van der Waals surface area contributed by atoms with Crippen molar-refractivity contribution < 1.29 is 18.7 Å². The number of benzene rings is 1. The highest BCUT2D eigenvalue weighted by Crippen LogP contribution is 2.14. The number of alkyl halides is 1. The van der Waals surface area contributed by atoms with Crippen LogP contribution in [0.3, 0.4) is 0 Å². The van der Waals surface area contributed by atoms with E-state index in [2.05, 4.69) is 4.74 Å². The van der Waals surface area contributed by atoms with Crippen molar-refractivity contribution in [3.8, 4) is 5.75 Å². The number of ether oxygens (including phenoxy) is 2. The lowest BCUT2D eigenvalue weighted by Crippen LogP contribution is -2.11. The molecule has 0 heterocycles. The Balaban J connectivity index is 2.22. The van der Waals surface area contributed by atoms with Crippen LogP contribution in [0.25, 0.3) is 0 Å². The van der Waals surface area contributed by atoms with E-state index in [9.17, 15) is 9.18 Å². The van der Waals surface area contributed by atoms with Crippen molar-refractivity contribution in [1.29, 1.82) is 0 Å². The average molecular weight is 227 g/mol. The van der Waals surface area contributed by atoms with Crippen LogP contribution in [0.4, 0.5) is 10.1 Å². The van der Waals surface area contributed by atoms with E-state index in [1.165, 1.54) is 0 Å². The summed E-state index contributed by atoms with van der Waals surface area (Å²) in [7, 11) is 0. The molecule has 2 N–H and O–H groups in total. The molecule has 0 radical (unpaired) electrons. The SMILES string of the molecule is Nc1cccc(OCCC(=O)OCCF)c1. The summed E-state index contributed by atoms with van der Waals surface area (Å²) in [6.45, 7) is -0.673. The Labute approximate surface area is 93.2 Å². The number of nitrogen functional groups attached to an aromatic ring is 1. The van der Waals surface area contributed by atoms with Gasteiger partial charge < -0.3 is 15.2 Å². The van der Waals surface area contributed by atoms with E-state index in [0.717, 1.165) is 0 Å². The van der Waals surface area contributed by atoms with Gasteiger partial charge in [0.15, 0.2) is 0 Å². The summed E-state index contributed by atoms with van der Waals surface area (Å²) in [6, 6.07) is 6.89. The molecule has 0 spiro atoms. The van der Waals surface area contributed by atoms with Crippen LogP contribution in [0.5, 0.6) is 5.75 Å². The fourth-order valence-electron chi connectivity index (χ4n) is 1.08. The Kier molecular flexibility index (Phi) is 5.11. The number of halogens is 1. The zero-order chi connectivity index (χ0) is 11.8. The molecule has 16 heavy (non-hydrogen) atoms. The van der Waals surface area contributed by atoms with Gasteiger partial charge in [-0.05, 0) is 12.1 Å². The molecular formula is C11H14FNO3. The number of anilines is 1. The number of rotatable bonds is 6. The third kappa shape index (κ3) is 4.63. The van der Waals surface area contributed by atoms with E-state index in [1.807, 2.05) is 0 Å². The number of esters is 1. The number of nitrogens with two attached hydrogens (primary N) is 1. The van der Waals surface area contributed by atoms with Crippen LogP contribution in [0.15, 0.2) is 24.3 Å². The van der Waals surface area contributed by atoms with E-state index in [0.29, 0.717) is 11.4 Å². The molecule has 0 saturated heterocycles. The first-order valence-corrected chi connectivity index (χ1v) is 4.92. The zero-order valence-electron chi connectivity index (χ0n) is 8.82. The Bertz CT molecular complexity index is 344. The van der Waals surface area contributed by atoms with Crippen LogP contribution in [-0.4, -0.2) is 25.9 Å². The maximum atomic E-state index is 11.7. The monoisotopic (exact) mass is 227 g/mol. The van der Waals surface area contributed by atoms with Crippen molar-refractivity contribution in [3.05, 3.63) is 24.3 Å². The lowest BCUT2D eigenvalue weighted by molar-refractivity contribution is -0.144. The first kappa shape index (κ1) is 12.3. The predicted octanol–water partition coefficient (Wildman–Crippen LogP) is 1.55. The lowest BCUT2D eigenvalue weighted by Gasteiger charge is -2.06. The van der Waals surface area contributed by atoms with Gasteiger partial charge in [-0.25, -0.2) is 4.39 Å². The van der Waals surface area contributed by atoms with Crippen LogP contribution in [0, 0.1) is 0 Å². The van der Waals surface area contributed by atoms with Crippen molar-refractivity contribution in [2.45, 2.75) is 6.42 Å². The normalized spacial score (nSPS) is 9.81. The topological polar surface area (TPSA) is 61.5 Å². The zero-order valence-corrected chi connectivity index (χ0v) is 8.82. The summed E-state index contributed by atoms with van der Waals surface area (Å²) in [5.74, 6) is 0.125. The lowest BCUT2D eigenvalue weighted by atomic mass is 10.3. The van der Waals surface area contributed by atoms with Crippen molar-refractivity contribution in [1.82, 2.24) is 0 Å². The van der Waals surface area contributed by atoms with Gasteiger partial charge >= 0.3 is 5.97 Å².